The van der Waals surface area contributed by atoms with Crippen molar-refractivity contribution in [3.8, 4) is 11.1 Å². The smallest absolute Gasteiger partial charge is 0.307 e. The molecule has 0 aliphatic heterocycles. The number of rotatable bonds is 8. The third-order valence-electron chi connectivity index (χ3n) is 6.14. The quantitative estimate of drug-likeness (QED) is 0.234. The number of fused-ring (bicyclic) bond motifs is 3. The number of ketones is 1. The maximum absolute atomic E-state index is 13.0. The highest BCUT2D eigenvalue weighted by Crippen LogP contribution is 2.35. The standard InChI is InChI=1S/C30H24O4S/c1-19(30(32)33)17-35-18-20-9-11-22(12-10-20)28(31)23-15-13-21(14-16-23)24-6-4-7-26-25-5-2-3-8-27(25)34-29(24)26/h2-16,19H,17-18H2,1H3,(H,32,33). The zero-order valence-electron chi connectivity index (χ0n) is 19.2. The van der Waals surface area contributed by atoms with Gasteiger partial charge in [-0.1, -0.05) is 91.9 Å². The number of aliphatic carboxylic acids is 1. The first-order valence-electron chi connectivity index (χ1n) is 11.5. The van der Waals surface area contributed by atoms with Crippen molar-refractivity contribution in [2.24, 2.45) is 5.92 Å². The lowest BCUT2D eigenvalue weighted by Crippen LogP contribution is -2.11. The van der Waals surface area contributed by atoms with E-state index in [-0.39, 0.29) is 11.7 Å². The van der Waals surface area contributed by atoms with Gasteiger partial charge in [-0.05, 0) is 17.2 Å². The van der Waals surface area contributed by atoms with Crippen molar-refractivity contribution >= 4 is 45.5 Å². The van der Waals surface area contributed by atoms with E-state index in [9.17, 15) is 9.59 Å². The highest BCUT2D eigenvalue weighted by Gasteiger charge is 2.14. The number of carbonyl (C=O) groups is 2. The molecule has 1 atom stereocenters. The van der Waals surface area contributed by atoms with Crippen LogP contribution >= 0.6 is 11.8 Å². The Morgan fingerprint density at radius 3 is 2.20 bits per heavy atom. The molecule has 0 saturated heterocycles. The van der Waals surface area contributed by atoms with Gasteiger partial charge in [0.05, 0.1) is 5.92 Å². The molecule has 0 radical (unpaired) electrons. The van der Waals surface area contributed by atoms with Crippen LogP contribution in [0.25, 0.3) is 33.1 Å². The second-order valence-corrected chi connectivity index (χ2v) is 9.67. The van der Waals surface area contributed by atoms with Crippen LogP contribution in [0.15, 0.2) is 95.4 Å². The minimum Gasteiger partial charge on any atom is -0.481 e. The van der Waals surface area contributed by atoms with E-state index >= 15 is 0 Å². The molecular weight excluding hydrogens is 456 g/mol. The number of benzene rings is 4. The Balaban J connectivity index is 1.32. The van der Waals surface area contributed by atoms with Gasteiger partial charge >= 0.3 is 5.97 Å². The van der Waals surface area contributed by atoms with Crippen LogP contribution in [0.4, 0.5) is 0 Å². The van der Waals surface area contributed by atoms with Crippen molar-refractivity contribution < 1.29 is 19.1 Å². The van der Waals surface area contributed by atoms with Crippen LogP contribution in [0.1, 0.15) is 28.4 Å². The Morgan fingerprint density at radius 2 is 1.49 bits per heavy atom. The predicted octanol–water partition coefficient (Wildman–Crippen LogP) is 7.44. The van der Waals surface area contributed by atoms with E-state index in [1.165, 1.54) is 0 Å². The zero-order chi connectivity index (χ0) is 24.4. The zero-order valence-corrected chi connectivity index (χ0v) is 20.0. The maximum atomic E-state index is 13.0. The Bertz CT molecular complexity index is 1510. The topological polar surface area (TPSA) is 67.5 Å². The summed E-state index contributed by atoms with van der Waals surface area (Å²) in [4.78, 5) is 24.0. The van der Waals surface area contributed by atoms with Gasteiger partial charge < -0.3 is 9.52 Å². The lowest BCUT2D eigenvalue weighted by atomic mass is 9.98. The summed E-state index contributed by atoms with van der Waals surface area (Å²) in [6.45, 7) is 1.71. The number of furan rings is 1. The lowest BCUT2D eigenvalue weighted by molar-refractivity contribution is -0.140. The van der Waals surface area contributed by atoms with E-state index in [1.807, 2.05) is 78.9 Å². The molecule has 0 saturated carbocycles. The van der Waals surface area contributed by atoms with E-state index < -0.39 is 5.97 Å². The summed E-state index contributed by atoms with van der Waals surface area (Å²) < 4.78 is 6.15. The van der Waals surface area contributed by atoms with Crippen molar-refractivity contribution in [1.29, 1.82) is 0 Å². The summed E-state index contributed by atoms with van der Waals surface area (Å²) in [5.74, 6) is 0.0942. The van der Waals surface area contributed by atoms with Gasteiger partial charge in [0.25, 0.3) is 0 Å². The van der Waals surface area contributed by atoms with Crippen molar-refractivity contribution in [1.82, 2.24) is 0 Å². The molecule has 0 bridgehead atoms. The molecule has 35 heavy (non-hydrogen) atoms. The third kappa shape index (κ3) is 4.73. The molecule has 1 heterocycles. The van der Waals surface area contributed by atoms with E-state index in [0.717, 1.165) is 38.6 Å². The Morgan fingerprint density at radius 1 is 0.829 bits per heavy atom. The SMILES string of the molecule is CC(CSCc1ccc(C(=O)c2ccc(-c3cccc4c3oc3ccccc34)cc2)cc1)C(=O)O. The number of carboxylic acids is 1. The molecule has 1 N–H and O–H groups in total. The molecule has 0 aliphatic carbocycles. The van der Waals surface area contributed by atoms with Gasteiger partial charge in [0, 0.05) is 39.0 Å². The summed E-state index contributed by atoms with van der Waals surface area (Å²) in [5.41, 5.74) is 6.02. The van der Waals surface area contributed by atoms with Crippen molar-refractivity contribution in [2.45, 2.75) is 12.7 Å². The minimum atomic E-state index is -0.779. The van der Waals surface area contributed by atoms with Gasteiger partial charge in [0.1, 0.15) is 11.2 Å². The largest absolute Gasteiger partial charge is 0.481 e. The van der Waals surface area contributed by atoms with Gasteiger partial charge in [0.15, 0.2) is 5.78 Å². The first-order chi connectivity index (χ1) is 17.0. The number of hydrogen-bond donors (Lipinski definition) is 1. The van der Waals surface area contributed by atoms with Crippen molar-refractivity contribution in [3.63, 3.8) is 0 Å². The molecule has 5 rings (SSSR count). The Hall–Kier alpha value is -3.83. The van der Waals surface area contributed by atoms with Crippen LogP contribution in [0.5, 0.6) is 0 Å². The van der Waals surface area contributed by atoms with Crippen LogP contribution in [-0.4, -0.2) is 22.6 Å². The molecule has 0 amide bonds. The lowest BCUT2D eigenvalue weighted by Gasteiger charge is -2.07. The molecule has 0 aliphatic rings. The molecule has 1 unspecified atom stereocenters. The number of thioether (sulfide) groups is 1. The Labute approximate surface area is 207 Å². The molecule has 4 aromatic carbocycles. The molecule has 174 valence electrons. The van der Waals surface area contributed by atoms with Gasteiger partial charge in [-0.25, -0.2) is 0 Å². The second-order valence-electron chi connectivity index (χ2n) is 8.64. The highest BCUT2D eigenvalue weighted by molar-refractivity contribution is 7.98. The number of carbonyl (C=O) groups excluding carboxylic acids is 1. The summed E-state index contributed by atoms with van der Waals surface area (Å²) >= 11 is 1.58. The fourth-order valence-corrected chi connectivity index (χ4v) is 5.16. The first-order valence-corrected chi connectivity index (χ1v) is 12.6. The van der Waals surface area contributed by atoms with E-state index in [1.54, 1.807) is 18.7 Å². The van der Waals surface area contributed by atoms with Gasteiger partial charge in [-0.2, -0.15) is 11.8 Å². The maximum Gasteiger partial charge on any atom is 0.307 e. The monoisotopic (exact) mass is 480 g/mol. The molecule has 5 aromatic rings. The van der Waals surface area contributed by atoms with Gasteiger partial charge in [0.2, 0.25) is 0 Å². The summed E-state index contributed by atoms with van der Waals surface area (Å²) in [6.07, 6.45) is 0. The fourth-order valence-electron chi connectivity index (χ4n) is 4.12. The van der Waals surface area contributed by atoms with Crippen LogP contribution in [0, 0.1) is 5.92 Å². The summed E-state index contributed by atoms with van der Waals surface area (Å²) in [7, 11) is 0. The van der Waals surface area contributed by atoms with Gasteiger partial charge in [-0.15, -0.1) is 0 Å². The van der Waals surface area contributed by atoms with E-state index in [4.69, 9.17) is 9.52 Å². The minimum absolute atomic E-state index is 0.0304. The molecule has 0 spiro atoms. The van der Waals surface area contributed by atoms with E-state index in [0.29, 0.717) is 22.6 Å². The van der Waals surface area contributed by atoms with Crippen LogP contribution in [0.3, 0.4) is 0 Å². The normalized spacial score (nSPS) is 12.1. The van der Waals surface area contributed by atoms with E-state index in [2.05, 4.69) is 12.1 Å². The number of carboxylic acid groups (broad SMARTS) is 1. The van der Waals surface area contributed by atoms with Crippen molar-refractivity contribution in [3.05, 3.63) is 108 Å². The molecule has 1 aromatic heterocycles. The Kier molecular flexibility index (Phi) is 6.43. The summed E-state index contributed by atoms with van der Waals surface area (Å²) in [5, 5.41) is 11.2. The van der Waals surface area contributed by atoms with Crippen LogP contribution in [-0.2, 0) is 10.5 Å². The first kappa shape index (κ1) is 22.9. The third-order valence-corrected chi connectivity index (χ3v) is 7.41. The van der Waals surface area contributed by atoms with Crippen molar-refractivity contribution in [2.75, 3.05) is 5.75 Å². The average molecular weight is 481 g/mol. The second kappa shape index (κ2) is 9.80. The average Bonchev–Trinajstić information content (AvgIpc) is 3.27. The highest BCUT2D eigenvalue weighted by atomic mass is 32.2. The van der Waals surface area contributed by atoms with Gasteiger partial charge in [-0.3, -0.25) is 9.59 Å². The number of para-hydroxylation sites is 2. The fraction of sp³-hybridized carbons (Fsp3) is 0.133. The van der Waals surface area contributed by atoms with Crippen LogP contribution in [0.2, 0.25) is 0 Å². The molecule has 5 heteroatoms. The summed E-state index contributed by atoms with van der Waals surface area (Å²) in [6, 6.07) is 29.3. The number of hydrogen-bond acceptors (Lipinski definition) is 4. The molecular formula is C30H24O4S. The molecule has 4 nitrogen and oxygen atoms in total. The predicted molar refractivity (Wildman–Crippen MR) is 142 cm³/mol. The molecule has 0 fully saturated rings. The van der Waals surface area contributed by atoms with Crippen LogP contribution < -0.4 is 0 Å².